The number of aliphatic hydroxyl groups is 1. The van der Waals surface area contributed by atoms with Crippen LogP contribution in [0.1, 0.15) is 46.4 Å². The quantitative estimate of drug-likeness (QED) is 0.584. The first kappa shape index (κ1) is 23.2. The fourth-order valence-electron chi connectivity index (χ4n) is 5.58. The van der Waals surface area contributed by atoms with Crippen LogP contribution in [0.4, 0.5) is 11.4 Å². The van der Waals surface area contributed by atoms with Crippen LogP contribution in [0.3, 0.4) is 0 Å². The van der Waals surface area contributed by atoms with Crippen LogP contribution in [0.25, 0.3) is 0 Å². The molecule has 2 aliphatic heterocycles. The number of ether oxygens (including phenoxy) is 2. The van der Waals surface area contributed by atoms with Gasteiger partial charge in [0.2, 0.25) is 0 Å². The number of carbonyl (C=O) groups excluding carboxylic acids is 1. The van der Waals surface area contributed by atoms with Crippen molar-refractivity contribution in [3.05, 3.63) is 82.9 Å². The number of fused-ring (bicyclic) bond motifs is 2. The molecular formula is C29H32N2O4. The minimum Gasteiger partial charge on any atom is -0.493 e. The van der Waals surface area contributed by atoms with E-state index in [2.05, 4.69) is 30.0 Å². The predicted molar refractivity (Wildman–Crippen MR) is 138 cm³/mol. The second-order valence-electron chi connectivity index (χ2n) is 9.41. The Morgan fingerprint density at radius 2 is 1.74 bits per heavy atom. The van der Waals surface area contributed by atoms with Gasteiger partial charge in [-0.05, 0) is 62.6 Å². The predicted octanol–water partition coefficient (Wildman–Crippen LogP) is 4.92. The van der Waals surface area contributed by atoms with Crippen molar-refractivity contribution in [2.75, 3.05) is 30.6 Å². The Morgan fingerprint density at radius 1 is 0.971 bits per heavy atom. The molecule has 3 aromatic carbocycles. The maximum Gasteiger partial charge on any atom is 0.258 e. The number of amides is 1. The van der Waals surface area contributed by atoms with E-state index in [1.807, 2.05) is 31.2 Å². The van der Waals surface area contributed by atoms with Gasteiger partial charge in [-0.1, -0.05) is 35.9 Å². The number of hydrogen-bond acceptors (Lipinski definition) is 5. The zero-order valence-electron chi connectivity index (χ0n) is 20.7. The average Bonchev–Trinajstić information content (AvgIpc) is 2.88. The summed E-state index contributed by atoms with van der Waals surface area (Å²) >= 11 is 0. The van der Waals surface area contributed by atoms with Crippen LogP contribution in [0.2, 0.25) is 0 Å². The van der Waals surface area contributed by atoms with Gasteiger partial charge >= 0.3 is 0 Å². The number of para-hydroxylation sites is 1. The molecule has 0 saturated heterocycles. The largest absolute Gasteiger partial charge is 0.493 e. The molecule has 0 aromatic heterocycles. The third-order valence-corrected chi connectivity index (χ3v) is 7.31. The smallest absolute Gasteiger partial charge is 0.258 e. The van der Waals surface area contributed by atoms with Crippen LogP contribution >= 0.6 is 0 Å². The number of aliphatic hydroxyl groups excluding tert-OH is 1. The molecule has 3 atom stereocenters. The molecule has 2 heterocycles. The Hall–Kier alpha value is -3.51. The normalized spacial score (nSPS) is 21.2. The Labute approximate surface area is 206 Å². The summed E-state index contributed by atoms with van der Waals surface area (Å²) in [5.74, 6) is 0.878. The molecule has 0 aliphatic carbocycles. The van der Waals surface area contributed by atoms with Crippen LogP contribution in [0, 0.1) is 6.92 Å². The van der Waals surface area contributed by atoms with Crippen LogP contribution in [0.5, 0.6) is 11.5 Å². The minimum absolute atomic E-state index is 0.182. The van der Waals surface area contributed by atoms with Gasteiger partial charge in [-0.15, -0.1) is 0 Å². The zero-order valence-corrected chi connectivity index (χ0v) is 20.7. The van der Waals surface area contributed by atoms with Crippen molar-refractivity contribution >= 4 is 17.3 Å². The molecular weight excluding hydrogens is 440 g/mol. The van der Waals surface area contributed by atoms with Gasteiger partial charge in [0.15, 0.2) is 11.5 Å². The summed E-state index contributed by atoms with van der Waals surface area (Å²) in [6.07, 6.45) is 1.31. The molecule has 0 spiro atoms. The van der Waals surface area contributed by atoms with Crippen LogP contribution in [-0.4, -0.2) is 43.9 Å². The molecule has 5 rings (SSSR count). The van der Waals surface area contributed by atoms with Crippen LogP contribution in [0.15, 0.2) is 60.7 Å². The number of carbonyl (C=O) groups is 1. The summed E-state index contributed by atoms with van der Waals surface area (Å²) in [5, 5.41) is 11.7. The first-order valence-electron chi connectivity index (χ1n) is 12.1. The lowest BCUT2D eigenvalue weighted by Crippen LogP contribution is -2.55. The topological polar surface area (TPSA) is 62.2 Å². The lowest BCUT2D eigenvalue weighted by molar-refractivity contribution is 0.0835. The van der Waals surface area contributed by atoms with E-state index in [1.54, 1.807) is 37.3 Å². The maximum atomic E-state index is 13.8. The highest BCUT2D eigenvalue weighted by Crippen LogP contribution is 2.45. The van der Waals surface area contributed by atoms with Gasteiger partial charge in [0.25, 0.3) is 5.91 Å². The SMILES string of the molecule is COc1ccc(C(=O)N2c3ccccc3C(N3CCCc4cc(C)ccc43)C(O)C2C)cc1OC. The van der Waals surface area contributed by atoms with Gasteiger partial charge in [0, 0.05) is 29.0 Å². The van der Waals surface area contributed by atoms with E-state index >= 15 is 0 Å². The molecule has 0 fully saturated rings. The number of rotatable bonds is 4. The number of nitrogens with zero attached hydrogens (tertiary/aromatic N) is 2. The van der Waals surface area contributed by atoms with Crippen molar-refractivity contribution in [2.45, 2.75) is 44.9 Å². The fourth-order valence-corrected chi connectivity index (χ4v) is 5.58. The van der Waals surface area contributed by atoms with Crippen molar-refractivity contribution < 1.29 is 19.4 Å². The molecule has 0 bridgehead atoms. The van der Waals surface area contributed by atoms with Gasteiger partial charge in [-0.2, -0.15) is 0 Å². The van der Waals surface area contributed by atoms with E-state index in [0.29, 0.717) is 17.1 Å². The molecule has 182 valence electrons. The lowest BCUT2D eigenvalue weighted by atomic mass is 9.85. The summed E-state index contributed by atoms with van der Waals surface area (Å²) in [4.78, 5) is 17.9. The highest BCUT2D eigenvalue weighted by molar-refractivity contribution is 6.07. The summed E-state index contributed by atoms with van der Waals surface area (Å²) < 4.78 is 10.8. The first-order valence-corrected chi connectivity index (χ1v) is 12.1. The third kappa shape index (κ3) is 3.92. The maximum absolute atomic E-state index is 13.8. The molecule has 35 heavy (non-hydrogen) atoms. The van der Waals surface area contributed by atoms with Crippen LogP contribution in [-0.2, 0) is 6.42 Å². The van der Waals surface area contributed by atoms with Crippen molar-refractivity contribution in [3.8, 4) is 11.5 Å². The molecule has 6 heteroatoms. The molecule has 3 aromatic rings. The number of hydrogen-bond donors (Lipinski definition) is 1. The van der Waals surface area contributed by atoms with E-state index in [0.717, 1.165) is 30.6 Å². The van der Waals surface area contributed by atoms with E-state index in [-0.39, 0.29) is 11.9 Å². The lowest BCUT2D eigenvalue weighted by Gasteiger charge is -2.48. The van der Waals surface area contributed by atoms with Crippen molar-refractivity contribution in [3.63, 3.8) is 0 Å². The van der Waals surface area contributed by atoms with Crippen LogP contribution < -0.4 is 19.3 Å². The molecule has 2 aliphatic rings. The third-order valence-electron chi connectivity index (χ3n) is 7.31. The van der Waals surface area contributed by atoms with Gasteiger partial charge in [-0.25, -0.2) is 0 Å². The highest BCUT2D eigenvalue weighted by atomic mass is 16.5. The second-order valence-corrected chi connectivity index (χ2v) is 9.41. The Kier molecular flexibility index (Phi) is 6.15. The van der Waals surface area contributed by atoms with Gasteiger partial charge in [-0.3, -0.25) is 4.79 Å². The summed E-state index contributed by atoms with van der Waals surface area (Å²) in [6.45, 7) is 4.90. The summed E-state index contributed by atoms with van der Waals surface area (Å²) in [6, 6.07) is 19.0. The standard InChI is InChI=1S/C29H32N2O4/c1-18-11-13-23-20(16-18)8-7-15-30(23)27-22-9-5-6-10-24(22)31(19(2)28(27)32)29(33)21-12-14-25(34-3)26(17-21)35-4/h5-6,9-14,16-17,19,27-28,32H,7-8,15H2,1-4H3. The molecule has 1 N–H and O–H groups in total. The molecule has 0 radical (unpaired) electrons. The summed E-state index contributed by atoms with van der Waals surface area (Å²) in [5.41, 5.74) is 6.00. The Morgan fingerprint density at radius 3 is 2.51 bits per heavy atom. The molecule has 0 saturated carbocycles. The molecule has 1 amide bonds. The number of benzene rings is 3. The minimum atomic E-state index is -0.763. The van der Waals surface area contributed by atoms with Gasteiger partial charge in [0.05, 0.1) is 32.4 Å². The van der Waals surface area contributed by atoms with Crippen molar-refractivity contribution in [1.82, 2.24) is 0 Å². The average molecular weight is 473 g/mol. The van der Waals surface area contributed by atoms with Crippen molar-refractivity contribution in [1.29, 1.82) is 0 Å². The first-order chi connectivity index (χ1) is 16.9. The number of methoxy groups -OCH3 is 2. The zero-order chi connectivity index (χ0) is 24.7. The Bertz CT molecular complexity index is 1260. The highest BCUT2D eigenvalue weighted by Gasteiger charge is 2.44. The summed E-state index contributed by atoms with van der Waals surface area (Å²) in [7, 11) is 3.12. The second kappa shape index (κ2) is 9.27. The fraction of sp³-hybridized carbons (Fsp3) is 0.345. The van der Waals surface area contributed by atoms with Gasteiger partial charge < -0.3 is 24.4 Å². The van der Waals surface area contributed by atoms with E-state index in [4.69, 9.17) is 9.47 Å². The van der Waals surface area contributed by atoms with E-state index in [9.17, 15) is 9.90 Å². The van der Waals surface area contributed by atoms with E-state index in [1.165, 1.54) is 16.8 Å². The van der Waals surface area contributed by atoms with E-state index < -0.39 is 12.1 Å². The number of aryl methyl sites for hydroxylation is 2. The number of anilines is 2. The molecule has 3 unspecified atom stereocenters. The van der Waals surface area contributed by atoms with Gasteiger partial charge in [0.1, 0.15) is 0 Å². The Balaban J connectivity index is 1.57. The monoisotopic (exact) mass is 472 g/mol. The molecule has 6 nitrogen and oxygen atoms in total. The van der Waals surface area contributed by atoms with Crippen molar-refractivity contribution in [2.24, 2.45) is 0 Å².